The van der Waals surface area contributed by atoms with Crippen molar-refractivity contribution in [3.05, 3.63) is 21.9 Å². The maximum atomic E-state index is 11.9. The smallest absolute Gasteiger partial charge is 0.221 e. The highest BCUT2D eigenvalue weighted by molar-refractivity contribution is 7.12. The average molecular weight is 408 g/mol. The van der Waals surface area contributed by atoms with Gasteiger partial charge < -0.3 is 15.1 Å². The van der Waals surface area contributed by atoms with Crippen LogP contribution in [0.5, 0.6) is 0 Å². The van der Waals surface area contributed by atoms with Gasteiger partial charge in [0.15, 0.2) is 5.72 Å². The Labute approximate surface area is 175 Å². The van der Waals surface area contributed by atoms with Crippen molar-refractivity contribution in [1.29, 1.82) is 0 Å². The van der Waals surface area contributed by atoms with E-state index in [0.29, 0.717) is 11.4 Å². The Hall–Kier alpha value is -1.35. The predicted octanol–water partition coefficient (Wildman–Crippen LogP) is 5.03. The summed E-state index contributed by atoms with van der Waals surface area (Å²) in [6.07, 6.45) is 11.3. The molecule has 1 aromatic heterocycles. The largest absolute Gasteiger partial charge is 0.396 e. The number of rotatable bonds is 13. The van der Waals surface area contributed by atoms with E-state index in [-0.39, 0.29) is 18.9 Å². The lowest BCUT2D eigenvalue weighted by molar-refractivity contribution is -0.163. The van der Waals surface area contributed by atoms with Crippen molar-refractivity contribution in [3.8, 4) is 11.8 Å². The van der Waals surface area contributed by atoms with Crippen LogP contribution in [0.25, 0.3) is 0 Å². The molecule has 1 atom stereocenters. The fourth-order valence-electron chi connectivity index (χ4n) is 3.41. The number of unbranched alkanes of at least 4 members (excludes halogenated alkanes) is 8. The van der Waals surface area contributed by atoms with Crippen LogP contribution in [0, 0.1) is 11.8 Å². The second-order valence-electron chi connectivity index (χ2n) is 7.24. The molecule has 1 aromatic rings. The minimum Gasteiger partial charge on any atom is -0.396 e. The van der Waals surface area contributed by atoms with Crippen LogP contribution in [0.15, 0.2) is 12.1 Å². The molecule has 1 amide bonds. The molecule has 0 fully saturated rings. The first-order valence-electron chi connectivity index (χ1n) is 10.7. The van der Waals surface area contributed by atoms with Crippen molar-refractivity contribution < 1.29 is 15.0 Å². The van der Waals surface area contributed by atoms with E-state index < -0.39 is 5.72 Å². The van der Waals surface area contributed by atoms with E-state index in [0.717, 1.165) is 17.7 Å². The SMILES string of the molecule is CCCCCCCCCCC#Cc1ccc(C(O)(CCO)N(CC)C(C)=O)s1. The zero-order valence-corrected chi connectivity index (χ0v) is 18.6. The maximum absolute atomic E-state index is 11.9. The van der Waals surface area contributed by atoms with E-state index in [4.69, 9.17) is 0 Å². The summed E-state index contributed by atoms with van der Waals surface area (Å²) in [5, 5.41) is 20.5. The summed E-state index contributed by atoms with van der Waals surface area (Å²) in [5.41, 5.74) is -1.47. The Morgan fingerprint density at radius 3 is 2.32 bits per heavy atom. The molecule has 2 N–H and O–H groups in total. The molecule has 28 heavy (non-hydrogen) atoms. The molecule has 1 unspecified atom stereocenters. The van der Waals surface area contributed by atoms with Gasteiger partial charge in [-0.2, -0.15) is 0 Å². The van der Waals surface area contributed by atoms with Crippen molar-refractivity contribution in [2.24, 2.45) is 0 Å². The molecular formula is C23H37NO3S. The number of aliphatic hydroxyl groups excluding tert-OH is 1. The highest BCUT2D eigenvalue weighted by Gasteiger charge is 2.38. The molecule has 0 radical (unpaired) electrons. The summed E-state index contributed by atoms with van der Waals surface area (Å²) in [4.78, 5) is 14.8. The molecule has 0 aliphatic heterocycles. The van der Waals surface area contributed by atoms with Crippen LogP contribution >= 0.6 is 11.3 Å². The Balaban J connectivity index is 2.55. The second-order valence-corrected chi connectivity index (χ2v) is 8.33. The average Bonchev–Trinajstić information content (AvgIpc) is 3.13. The molecule has 0 aliphatic rings. The van der Waals surface area contributed by atoms with Crippen molar-refractivity contribution in [1.82, 2.24) is 4.90 Å². The summed E-state index contributed by atoms with van der Waals surface area (Å²) >= 11 is 1.39. The highest BCUT2D eigenvalue weighted by atomic mass is 32.1. The van der Waals surface area contributed by atoms with Crippen molar-refractivity contribution in [2.75, 3.05) is 13.2 Å². The molecular weight excluding hydrogens is 370 g/mol. The monoisotopic (exact) mass is 407 g/mol. The van der Waals surface area contributed by atoms with Gasteiger partial charge in [0.05, 0.1) is 9.75 Å². The number of carbonyl (C=O) groups is 1. The van der Waals surface area contributed by atoms with Crippen molar-refractivity contribution >= 4 is 17.2 Å². The standard InChI is InChI=1S/C23H37NO3S/c1-4-6-7-8-9-10-11-12-13-14-15-21-16-17-22(28-21)23(27,18-19-25)24(5-2)20(3)26/h16-17,25,27H,4-13,18-19H2,1-3H3. The van der Waals surface area contributed by atoms with Crippen LogP contribution in [-0.2, 0) is 10.5 Å². The van der Waals surface area contributed by atoms with Gasteiger partial charge in [-0.15, -0.1) is 11.3 Å². The third-order valence-corrected chi connectivity index (χ3v) is 6.11. The van der Waals surface area contributed by atoms with E-state index in [1.165, 1.54) is 68.1 Å². The Kier molecular flexibility index (Phi) is 12.1. The number of thiophene rings is 1. The van der Waals surface area contributed by atoms with Crippen LogP contribution < -0.4 is 0 Å². The van der Waals surface area contributed by atoms with Gasteiger partial charge >= 0.3 is 0 Å². The van der Waals surface area contributed by atoms with E-state index in [9.17, 15) is 15.0 Å². The highest BCUT2D eigenvalue weighted by Crippen LogP contribution is 2.34. The molecule has 5 heteroatoms. The number of hydrogen-bond acceptors (Lipinski definition) is 4. The van der Waals surface area contributed by atoms with Gasteiger partial charge in [-0.3, -0.25) is 4.79 Å². The molecule has 1 rings (SSSR count). The summed E-state index contributed by atoms with van der Waals surface area (Å²) < 4.78 is 0. The molecule has 1 heterocycles. The molecule has 4 nitrogen and oxygen atoms in total. The zero-order valence-electron chi connectivity index (χ0n) is 17.8. The van der Waals surface area contributed by atoms with Crippen LogP contribution in [-0.4, -0.2) is 34.2 Å². The maximum Gasteiger partial charge on any atom is 0.221 e. The third kappa shape index (κ3) is 7.95. The third-order valence-electron chi connectivity index (χ3n) is 4.97. The summed E-state index contributed by atoms with van der Waals surface area (Å²) in [6.45, 7) is 5.68. The van der Waals surface area contributed by atoms with Gasteiger partial charge in [0, 0.05) is 32.9 Å². The molecule has 0 spiro atoms. The van der Waals surface area contributed by atoms with Gasteiger partial charge in [0.25, 0.3) is 0 Å². The minimum absolute atomic E-state index is 0.0893. The summed E-state index contributed by atoms with van der Waals surface area (Å²) in [5.74, 6) is 6.19. The fourth-order valence-corrected chi connectivity index (χ4v) is 4.42. The van der Waals surface area contributed by atoms with E-state index in [2.05, 4.69) is 18.8 Å². The Bertz CT molecular complexity index is 631. The molecule has 158 valence electrons. The van der Waals surface area contributed by atoms with Gasteiger partial charge in [0.1, 0.15) is 0 Å². The fraction of sp³-hybridized carbons (Fsp3) is 0.696. The van der Waals surface area contributed by atoms with E-state index in [1.807, 2.05) is 19.1 Å². The van der Waals surface area contributed by atoms with Crippen LogP contribution in [0.1, 0.15) is 94.7 Å². The zero-order chi connectivity index (χ0) is 20.8. The number of nitrogens with zero attached hydrogens (tertiary/aromatic N) is 1. The van der Waals surface area contributed by atoms with Crippen molar-refractivity contribution in [3.63, 3.8) is 0 Å². The topological polar surface area (TPSA) is 60.8 Å². The lowest BCUT2D eigenvalue weighted by Gasteiger charge is -2.37. The number of hydrogen-bond donors (Lipinski definition) is 2. The van der Waals surface area contributed by atoms with Crippen LogP contribution in [0.3, 0.4) is 0 Å². The first kappa shape index (κ1) is 24.7. The lowest BCUT2D eigenvalue weighted by Crippen LogP contribution is -2.48. The Morgan fingerprint density at radius 2 is 1.75 bits per heavy atom. The number of amides is 1. The predicted molar refractivity (Wildman–Crippen MR) is 117 cm³/mol. The van der Waals surface area contributed by atoms with Crippen LogP contribution in [0.4, 0.5) is 0 Å². The first-order valence-corrected chi connectivity index (χ1v) is 11.5. The second kappa shape index (κ2) is 13.8. The van der Waals surface area contributed by atoms with Gasteiger partial charge in [0.2, 0.25) is 5.91 Å². The van der Waals surface area contributed by atoms with Gasteiger partial charge in [-0.1, -0.05) is 63.7 Å². The van der Waals surface area contributed by atoms with E-state index in [1.54, 1.807) is 0 Å². The molecule has 0 saturated heterocycles. The normalized spacial score (nSPS) is 12.9. The molecule has 0 aliphatic carbocycles. The molecule has 0 bridgehead atoms. The minimum atomic E-state index is -1.47. The lowest BCUT2D eigenvalue weighted by atomic mass is 10.1. The first-order chi connectivity index (χ1) is 13.5. The summed E-state index contributed by atoms with van der Waals surface area (Å²) in [7, 11) is 0. The number of aliphatic hydroxyl groups is 2. The molecule has 0 aromatic carbocycles. The quantitative estimate of drug-likeness (QED) is 0.274. The van der Waals surface area contributed by atoms with Crippen molar-refractivity contribution in [2.45, 2.75) is 90.7 Å². The van der Waals surface area contributed by atoms with Gasteiger partial charge in [-0.25, -0.2) is 0 Å². The van der Waals surface area contributed by atoms with Gasteiger partial charge in [-0.05, 0) is 25.5 Å². The van der Waals surface area contributed by atoms with E-state index >= 15 is 0 Å². The Morgan fingerprint density at radius 1 is 1.11 bits per heavy atom. The number of carbonyl (C=O) groups excluding carboxylic acids is 1. The summed E-state index contributed by atoms with van der Waals surface area (Å²) in [6, 6.07) is 3.70. The molecule has 0 saturated carbocycles. The van der Waals surface area contributed by atoms with Crippen LogP contribution in [0.2, 0.25) is 0 Å².